The van der Waals surface area contributed by atoms with Crippen LogP contribution < -0.4 is 5.32 Å². The van der Waals surface area contributed by atoms with Crippen LogP contribution in [0, 0.1) is 19.8 Å². The summed E-state index contributed by atoms with van der Waals surface area (Å²) in [5.74, 6) is 1.44. The van der Waals surface area contributed by atoms with Crippen LogP contribution in [0.5, 0.6) is 0 Å². The van der Waals surface area contributed by atoms with Crippen molar-refractivity contribution in [3.8, 4) is 0 Å². The number of aliphatic hydroxyl groups excluding tert-OH is 1. The van der Waals surface area contributed by atoms with E-state index in [9.17, 15) is 5.11 Å². The minimum Gasteiger partial charge on any atom is -0.389 e. The summed E-state index contributed by atoms with van der Waals surface area (Å²) in [7, 11) is 0. The van der Waals surface area contributed by atoms with Crippen molar-refractivity contribution in [2.75, 3.05) is 13.2 Å². The molecule has 0 aliphatic carbocycles. The Morgan fingerprint density at radius 3 is 2.55 bits per heavy atom. The zero-order chi connectivity index (χ0) is 15.1. The summed E-state index contributed by atoms with van der Waals surface area (Å²) in [6.07, 6.45) is 0.705. The molecule has 0 aliphatic heterocycles. The topological polar surface area (TPSA) is 67.5 Å². The third kappa shape index (κ3) is 6.03. The summed E-state index contributed by atoms with van der Waals surface area (Å²) < 4.78 is 10.7. The lowest BCUT2D eigenvalue weighted by Gasteiger charge is -2.18. The number of ether oxygens (including phenoxy) is 1. The summed E-state index contributed by atoms with van der Waals surface area (Å²) in [6.45, 7) is 11.7. The van der Waals surface area contributed by atoms with Gasteiger partial charge < -0.3 is 19.7 Å². The molecule has 1 rings (SSSR count). The fraction of sp³-hybridized carbons (Fsp3) is 0.800. The van der Waals surface area contributed by atoms with Gasteiger partial charge in [0, 0.05) is 18.7 Å². The molecule has 0 aliphatic rings. The molecule has 2 N–H and O–H groups in total. The van der Waals surface area contributed by atoms with Crippen molar-refractivity contribution in [3.05, 3.63) is 17.0 Å². The summed E-state index contributed by atoms with van der Waals surface area (Å²) in [6, 6.07) is 0. The molecule has 1 heterocycles. The molecule has 2 atom stereocenters. The molecule has 20 heavy (non-hydrogen) atoms. The molecule has 5 heteroatoms. The van der Waals surface area contributed by atoms with Crippen LogP contribution in [0.25, 0.3) is 0 Å². The van der Waals surface area contributed by atoms with E-state index in [0.29, 0.717) is 25.6 Å². The van der Waals surface area contributed by atoms with Crippen molar-refractivity contribution in [2.24, 2.45) is 5.92 Å². The van der Waals surface area contributed by atoms with Crippen molar-refractivity contribution < 1.29 is 14.4 Å². The second-order valence-corrected chi connectivity index (χ2v) is 5.86. The van der Waals surface area contributed by atoms with Gasteiger partial charge >= 0.3 is 0 Å². The van der Waals surface area contributed by atoms with Gasteiger partial charge in [-0.25, -0.2) is 0 Å². The number of aryl methyl sites for hydroxylation is 2. The van der Waals surface area contributed by atoms with Gasteiger partial charge in [0.25, 0.3) is 0 Å². The van der Waals surface area contributed by atoms with E-state index in [1.165, 1.54) is 0 Å². The van der Waals surface area contributed by atoms with E-state index in [2.05, 4.69) is 24.3 Å². The van der Waals surface area contributed by atoms with E-state index in [1.54, 1.807) is 0 Å². The maximum absolute atomic E-state index is 9.87. The molecule has 1 aromatic heterocycles. The number of nitrogens with one attached hydrogen (secondary N) is 1. The standard InChI is InChI=1S/C15H28N2O3/c1-10(2)6-11(3)19-9-14(18)7-16-8-15-12(4)17-20-13(15)5/h10-11,14,16,18H,6-9H2,1-5H3. The van der Waals surface area contributed by atoms with Crippen LogP contribution >= 0.6 is 0 Å². The van der Waals surface area contributed by atoms with Gasteiger partial charge in [-0.05, 0) is 33.1 Å². The quantitative estimate of drug-likeness (QED) is 0.727. The Bertz CT molecular complexity index is 371. The molecular formula is C15H28N2O3. The molecule has 5 nitrogen and oxygen atoms in total. The Morgan fingerprint density at radius 2 is 2.00 bits per heavy atom. The van der Waals surface area contributed by atoms with E-state index in [4.69, 9.17) is 9.26 Å². The lowest BCUT2D eigenvalue weighted by molar-refractivity contribution is -0.00858. The predicted octanol–water partition coefficient (Wildman–Crippen LogP) is 2.19. The average molecular weight is 284 g/mol. The number of aliphatic hydroxyl groups is 1. The van der Waals surface area contributed by atoms with Crippen LogP contribution in [-0.2, 0) is 11.3 Å². The minimum absolute atomic E-state index is 0.187. The second kappa shape index (κ2) is 8.39. The largest absolute Gasteiger partial charge is 0.389 e. The highest BCUT2D eigenvalue weighted by Gasteiger charge is 2.11. The number of nitrogens with zero attached hydrogens (tertiary/aromatic N) is 1. The van der Waals surface area contributed by atoms with Crippen molar-refractivity contribution >= 4 is 0 Å². The van der Waals surface area contributed by atoms with E-state index < -0.39 is 6.10 Å². The molecule has 0 spiro atoms. The molecule has 0 amide bonds. The molecular weight excluding hydrogens is 256 g/mol. The summed E-state index contributed by atoms with van der Waals surface area (Å²) in [5.41, 5.74) is 1.96. The van der Waals surface area contributed by atoms with Crippen LogP contribution in [0.1, 0.15) is 44.2 Å². The summed E-state index contributed by atoms with van der Waals surface area (Å²) >= 11 is 0. The minimum atomic E-state index is -0.495. The third-order valence-corrected chi connectivity index (χ3v) is 3.24. The van der Waals surface area contributed by atoms with Gasteiger partial charge in [-0.15, -0.1) is 0 Å². The Balaban J connectivity index is 2.19. The molecule has 1 aromatic rings. The lowest BCUT2D eigenvalue weighted by atomic mass is 10.1. The lowest BCUT2D eigenvalue weighted by Crippen LogP contribution is -2.31. The number of aromatic nitrogens is 1. The van der Waals surface area contributed by atoms with Crippen LogP contribution in [0.4, 0.5) is 0 Å². The first-order valence-electron chi connectivity index (χ1n) is 7.32. The second-order valence-electron chi connectivity index (χ2n) is 5.86. The number of rotatable bonds is 9. The summed E-state index contributed by atoms with van der Waals surface area (Å²) in [5, 5.41) is 17.0. The highest BCUT2D eigenvalue weighted by atomic mass is 16.5. The summed E-state index contributed by atoms with van der Waals surface area (Å²) in [4.78, 5) is 0. The number of hydrogen-bond donors (Lipinski definition) is 2. The predicted molar refractivity (Wildman–Crippen MR) is 78.6 cm³/mol. The zero-order valence-corrected chi connectivity index (χ0v) is 13.3. The molecule has 0 radical (unpaired) electrons. The van der Waals surface area contributed by atoms with E-state index in [-0.39, 0.29) is 6.10 Å². The maximum Gasteiger partial charge on any atom is 0.138 e. The molecule has 0 bridgehead atoms. The first-order valence-corrected chi connectivity index (χ1v) is 7.32. The maximum atomic E-state index is 9.87. The van der Waals surface area contributed by atoms with Crippen molar-refractivity contribution in [1.29, 1.82) is 0 Å². The molecule has 0 fully saturated rings. The molecule has 116 valence electrons. The first-order chi connectivity index (χ1) is 9.40. The van der Waals surface area contributed by atoms with Gasteiger partial charge in [0.2, 0.25) is 0 Å². The van der Waals surface area contributed by atoms with Gasteiger partial charge in [0.1, 0.15) is 5.76 Å². The van der Waals surface area contributed by atoms with Crippen molar-refractivity contribution in [2.45, 2.75) is 59.8 Å². The number of hydrogen-bond acceptors (Lipinski definition) is 5. The normalized spacial score (nSPS) is 14.8. The van der Waals surface area contributed by atoms with E-state index in [0.717, 1.165) is 23.4 Å². The van der Waals surface area contributed by atoms with Gasteiger partial charge in [-0.2, -0.15) is 0 Å². The molecule has 0 aromatic carbocycles. The van der Waals surface area contributed by atoms with Crippen molar-refractivity contribution in [1.82, 2.24) is 10.5 Å². The smallest absolute Gasteiger partial charge is 0.138 e. The Morgan fingerprint density at radius 1 is 1.30 bits per heavy atom. The fourth-order valence-electron chi connectivity index (χ4n) is 2.18. The zero-order valence-electron chi connectivity index (χ0n) is 13.3. The Kier molecular flexibility index (Phi) is 7.19. The monoisotopic (exact) mass is 284 g/mol. The van der Waals surface area contributed by atoms with Crippen LogP contribution in [0.2, 0.25) is 0 Å². The van der Waals surface area contributed by atoms with Crippen LogP contribution in [0.15, 0.2) is 4.52 Å². The highest BCUT2D eigenvalue weighted by Crippen LogP contribution is 2.11. The van der Waals surface area contributed by atoms with Gasteiger partial charge in [0.05, 0.1) is 24.5 Å². The Hall–Kier alpha value is -0.910. The average Bonchev–Trinajstić information content (AvgIpc) is 2.67. The molecule has 2 unspecified atom stereocenters. The fourth-order valence-corrected chi connectivity index (χ4v) is 2.18. The van der Waals surface area contributed by atoms with E-state index in [1.807, 2.05) is 20.8 Å². The third-order valence-electron chi connectivity index (χ3n) is 3.24. The molecule has 0 saturated carbocycles. The van der Waals surface area contributed by atoms with Crippen LogP contribution in [0.3, 0.4) is 0 Å². The Labute approximate surface area is 121 Å². The van der Waals surface area contributed by atoms with Crippen LogP contribution in [-0.4, -0.2) is 35.6 Å². The van der Waals surface area contributed by atoms with Crippen molar-refractivity contribution in [3.63, 3.8) is 0 Å². The van der Waals surface area contributed by atoms with Gasteiger partial charge in [0.15, 0.2) is 0 Å². The van der Waals surface area contributed by atoms with Gasteiger partial charge in [-0.1, -0.05) is 19.0 Å². The first kappa shape index (κ1) is 17.1. The van der Waals surface area contributed by atoms with Gasteiger partial charge in [-0.3, -0.25) is 0 Å². The SMILES string of the molecule is Cc1noc(C)c1CNCC(O)COC(C)CC(C)C. The molecule has 0 saturated heterocycles. The highest BCUT2D eigenvalue weighted by molar-refractivity contribution is 5.20. The van der Waals surface area contributed by atoms with E-state index >= 15 is 0 Å².